The monoisotopic (exact) mass is 354 g/mol. The molecule has 6 nitrogen and oxygen atoms in total. The largest absolute Gasteiger partial charge is 0.465 e. The quantitative estimate of drug-likeness (QED) is 0.761. The first kappa shape index (κ1) is 18.7. The topological polar surface area (TPSA) is 79.6 Å². The van der Waals surface area contributed by atoms with E-state index in [0.717, 1.165) is 12.8 Å². The summed E-state index contributed by atoms with van der Waals surface area (Å²) in [6, 6.07) is 3.56. The van der Waals surface area contributed by atoms with Gasteiger partial charge in [0.05, 0.1) is 12.0 Å². The molecule has 1 N–H and O–H groups in total. The van der Waals surface area contributed by atoms with Gasteiger partial charge in [-0.1, -0.05) is 13.8 Å². The number of likely N-dealkylation sites (tertiary alicyclic amines) is 1. The van der Waals surface area contributed by atoms with Gasteiger partial charge in [-0.2, -0.15) is 0 Å². The van der Waals surface area contributed by atoms with Crippen molar-refractivity contribution >= 4 is 22.0 Å². The molecule has 1 amide bonds. The molecule has 1 saturated heterocycles. The van der Waals surface area contributed by atoms with Gasteiger partial charge in [0, 0.05) is 25.7 Å². The summed E-state index contributed by atoms with van der Waals surface area (Å²) in [7, 11) is -3.20. The highest BCUT2D eigenvalue weighted by Gasteiger charge is 2.23. The first-order valence-electron chi connectivity index (χ1n) is 8.33. The second-order valence-electron chi connectivity index (χ2n) is 6.64. The highest BCUT2D eigenvalue weighted by Crippen LogP contribution is 2.17. The van der Waals surface area contributed by atoms with Gasteiger partial charge in [-0.05, 0) is 42.9 Å². The Labute approximate surface area is 144 Å². The number of amides is 1. The van der Waals surface area contributed by atoms with Crippen molar-refractivity contribution in [1.29, 1.82) is 0 Å². The zero-order valence-corrected chi connectivity index (χ0v) is 15.1. The van der Waals surface area contributed by atoms with Crippen LogP contribution in [-0.2, 0) is 14.8 Å². The van der Waals surface area contributed by atoms with Crippen molar-refractivity contribution in [2.24, 2.45) is 11.8 Å². The SMILES string of the molecule is CC(C)CS(=O)(=O)NCC1CCN(C(=O)/C=C/c2ccco2)CC1. The standard InChI is InChI=1S/C17H26N2O4S/c1-14(2)13-24(21,22)18-12-15-7-9-19(10-8-15)17(20)6-5-16-4-3-11-23-16/h3-6,11,14-15,18H,7-10,12-13H2,1-2H3/b6-5+. The molecule has 1 fully saturated rings. The molecule has 0 spiro atoms. The van der Waals surface area contributed by atoms with Gasteiger partial charge in [-0.3, -0.25) is 4.79 Å². The van der Waals surface area contributed by atoms with E-state index in [1.165, 1.54) is 6.08 Å². The number of carbonyl (C=O) groups is 1. The molecule has 24 heavy (non-hydrogen) atoms. The van der Waals surface area contributed by atoms with Gasteiger partial charge in [0.25, 0.3) is 0 Å². The first-order chi connectivity index (χ1) is 11.4. The van der Waals surface area contributed by atoms with Gasteiger partial charge in [0.1, 0.15) is 5.76 Å². The molecule has 1 aliphatic heterocycles. The van der Waals surface area contributed by atoms with Crippen molar-refractivity contribution in [2.45, 2.75) is 26.7 Å². The van der Waals surface area contributed by atoms with Gasteiger partial charge in [0.2, 0.25) is 15.9 Å². The summed E-state index contributed by atoms with van der Waals surface area (Å²) in [6.45, 7) is 5.54. The Morgan fingerprint density at radius 2 is 2.12 bits per heavy atom. The second kappa shape index (κ2) is 8.48. The highest BCUT2D eigenvalue weighted by atomic mass is 32.2. The smallest absolute Gasteiger partial charge is 0.246 e. The van der Waals surface area contributed by atoms with E-state index in [9.17, 15) is 13.2 Å². The first-order valence-corrected chi connectivity index (χ1v) is 9.99. The molecule has 1 aliphatic rings. The molecule has 134 valence electrons. The number of carbonyl (C=O) groups excluding carboxylic acids is 1. The van der Waals surface area contributed by atoms with Crippen LogP contribution in [0.25, 0.3) is 6.08 Å². The molecular weight excluding hydrogens is 328 g/mol. The fourth-order valence-electron chi connectivity index (χ4n) is 2.74. The second-order valence-corrected chi connectivity index (χ2v) is 8.49. The fourth-order valence-corrected chi connectivity index (χ4v) is 4.23. The molecule has 2 heterocycles. The molecular formula is C17H26N2O4S. The Morgan fingerprint density at radius 1 is 1.42 bits per heavy atom. The lowest BCUT2D eigenvalue weighted by Crippen LogP contribution is -2.41. The molecule has 0 aromatic carbocycles. The van der Waals surface area contributed by atoms with Crippen LogP contribution in [0.5, 0.6) is 0 Å². The summed E-state index contributed by atoms with van der Waals surface area (Å²) < 4.78 is 31.6. The lowest BCUT2D eigenvalue weighted by molar-refractivity contribution is -0.127. The highest BCUT2D eigenvalue weighted by molar-refractivity contribution is 7.89. The predicted octanol–water partition coefficient (Wildman–Crippen LogP) is 2.11. The molecule has 0 saturated carbocycles. The van der Waals surface area contributed by atoms with E-state index in [0.29, 0.717) is 25.4 Å². The molecule has 1 aromatic rings. The maximum Gasteiger partial charge on any atom is 0.246 e. The number of nitrogens with one attached hydrogen (secondary N) is 1. The van der Waals surface area contributed by atoms with Crippen LogP contribution in [-0.4, -0.2) is 44.6 Å². The van der Waals surface area contributed by atoms with E-state index in [-0.39, 0.29) is 23.5 Å². The van der Waals surface area contributed by atoms with Crippen molar-refractivity contribution in [1.82, 2.24) is 9.62 Å². The van der Waals surface area contributed by atoms with Crippen molar-refractivity contribution < 1.29 is 17.6 Å². The van der Waals surface area contributed by atoms with Crippen LogP contribution in [0.4, 0.5) is 0 Å². The van der Waals surface area contributed by atoms with Crippen LogP contribution in [0, 0.1) is 11.8 Å². The molecule has 0 bridgehead atoms. The molecule has 0 aliphatic carbocycles. The minimum Gasteiger partial charge on any atom is -0.465 e. The maximum atomic E-state index is 12.1. The lowest BCUT2D eigenvalue weighted by atomic mass is 9.97. The summed E-state index contributed by atoms with van der Waals surface area (Å²) in [5.74, 6) is 1.16. The van der Waals surface area contributed by atoms with E-state index >= 15 is 0 Å². The average Bonchev–Trinajstić information content (AvgIpc) is 3.03. The van der Waals surface area contributed by atoms with Gasteiger partial charge in [0.15, 0.2) is 0 Å². The van der Waals surface area contributed by atoms with E-state index in [4.69, 9.17) is 4.42 Å². The van der Waals surface area contributed by atoms with E-state index in [1.807, 2.05) is 13.8 Å². The molecule has 2 rings (SSSR count). The normalized spacial score (nSPS) is 17.0. The zero-order valence-electron chi connectivity index (χ0n) is 14.3. The van der Waals surface area contributed by atoms with Gasteiger partial charge in [-0.15, -0.1) is 0 Å². The number of sulfonamides is 1. The van der Waals surface area contributed by atoms with E-state index in [1.54, 1.807) is 29.4 Å². The number of furan rings is 1. The summed E-state index contributed by atoms with van der Waals surface area (Å²) in [5, 5.41) is 0. The van der Waals surface area contributed by atoms with E-state index in [2.05, 4.69) is 4.72 Å². The van der Waals surface area contributed by atoms with Crippen LogP contribution in [0.3, 0.4) is 0 Å². The Balaban J connectivity index is 1.74. The summed E-state index contributed by atoms with van der Waals surface area (Å²) >= 11 is 0. The summed E-state index contributed by atoms with van der Waals surface area (Å²) in [5.41, 5.74) is 0. The molecule has 0 radical (unpaired) electrons. The predicted molar refractivity (Wildman–Crippen MR) is 93.7 cm³/mol. The Kier molecular flexibility index (Phi) is 6.62. The number of piperidine rings is 1. The fraction of sp³-hybridized carbons (Fsp3) is 0.588. The van der Waals surface area contributed by atoms with Crippen LogP contribution < -0.4 is 4.72 Å². The van der Waals surface area contributed by atoms with Gasteiger partial charge < -0.3 is 9.32 Å². The van der Waals surface area contributed by atoms with Gasteiger partial charge in [-0.25, -0.2) is 13.1 Å². The maximum absolute atomic E-state index is 12.1. The molecule has 0 atom stereocenters. The number of hydrogen-bond donors (Lipinski definition) is 1. The third-order valence-corrected chi connectivity index (χ3v) is 5.72. The molecule has 1 aromatic heterocycles. The minimum absolute atomic E-state index is 0.0368. The molecule has 7 heteroatoms. The van der Waals surface area contributed by atoms with Crippen molar-refractivity contribution in [3.05, 3.63) is 30.2 Å². The van der Waals surface area contributed by atoms with Crippen molar-refractivity contribution in [3.63, 3.8) is 0 Å². The number of hydrogen-bond acceptors (Lipinski definition) is 4. The van der Waals surface area contributed by atoms with Crippen LogP contribution in [0.2, 0.25) is 0 Å². The average molecular weight is 354 g/mol. The summed E-state index contributed by atoms with van der Waals surface area (Å²) in [6.07, 6.45) is 6.37. The van der Waals surface area contributed by atoms with Gasteiger partial charge >= 0.3 is 0 Å². The zero-order chi connectivity index (χ0) is 17.6. The third kappa shape index (κ3) is 6.13. The Morgan fingerprint density at radius 3 is 2.71 bits per heavy atom. The van der Waals surface area contributed by atoms with Crippen LogP contribution >= 0.6 is 0 Å². The van der Waals surface area contributed by atoms with E-state index < -0.39 is 10.0 Å². The Bertz CT molecular complexity index is 642. The molecule has 0 unspecified atom stereocenters. The minimum atomic E-state index is -3.20. The van der Waals surface area contributed by atoms with Crippen molar-refractivity contribution in [2.75, 3.05) is 25.4 Å². The number of nitrogens with zero attached hydrogens (tertiary/aromatic N) is 1. The Hall–Kier alpha value is -1.60. The number of rotatable bonds is 7. The van der Waals surface area contributed by atoms with Crippen LogP contribution in [0.1, 0.15) is 32.4 Å². The van der Waals surface area contributed by atoms with Crippen LogP contribution in [0.15, 0.2) is 28.9 Å². The summed E-state index contributed by atoms with van der Waals surface area (Å²) in [4.78, 5) is 13.9. The third-order valence-electron chi connectivity index (χ3n) is 4.00. The lowest BCUT2D eigenvalue weighted by Gasteiger charge is -2.31. The van der Waals surface area contributed by atoms with Crippen molar-refractivity contribution in [3.8, 4) is 0 Å².